The number of carbonyl (C=O) groups is 1. The summed E-state index contributed by atoms with van der Waals surface area (Å²) in [4.78, 5) is 21.0. The molecule has 8 nitrogen and oxygen atoms in total. The number of nitrogens with one attached hydrogen (secondary N) is 1. The average molecular weight is 435 g/mol. The Morgan fingerprint density at radius 2 is 1.84 bits per heavy atom. The Hall–Kier alpha value is -3.39. The summed E-state index contributed by atoms with van der Waals surface area (Å²) in [5.41, 5.74) is 2.83. The monoisotopic (exact) mass is 434 g/mol. The van der Waals surface area contributed by atoms with Gasteiger partial charge >= 0.3 is 6.03 Å². The van der Waals surface area contributed by atoms with E-state index in [-0.39, 0.29) is 18.2 Å². The number of urea groups is 1. The molecule has 2 aromatic heterocycles. The van der Waals surface area contributed by atoms with Crippen molar-refractivity contribution in [3.05, 3.63) is 72.2 Å². The van der Waals surface area contributed by atoms with Gasteiger partial charge in [0.25, 0.3) is 0 Å². The molecule has 1 aliphatic rings. The van der Waals surface area contributed by atoms with Gasteiger partial charge in [0, 0.05) is 31.9 Å². The molecule has 8 heteroatoms. The first-order chi connectivity index (χ1) is 15.5. The van der Waals surface area contributed by atoms with E-state index in [4.69, 9.17) is 4.74 Å². The molecule has 0 radical (unpaired) electrons. The third-order valence-electron chi connectivity index (χ3n) is 5.38. The van der Waals surface area contributed by atoms with Gasteiger partial charge in [0.15, 0.2) is 0 Å². The topological polar surface area (TPSA) is 75.5 Å². The Bertz CT molecular complexity index is 1010. The summed E-state index contributed by atoms with van der Waals surface area (Å²) in [7, 11) is 1.77. The summed E-state index contributed by atoms with van der Waals surface area (Å²) in [5, 5.41) is 7.32. The van der Waals surface area contributed by atoms with Crippen LogP contribution in [0.5, 0.6) is 0 Å². The van der Waals surface area contributed by atoms with Gasteiger partial charge in [-0.1, -0.05) is 30.3 Å². The molecular weight excluding hydrogens is 404 g/mol. The summed E-state index contributed by atoms with van der Waals surface area (Å²) in [6.45, 7) is 6.93. The van der Waals surface area contributed by atoms with Crippen molar-refractivity contribution in [2.24, 2.45) is 0 Å². The second kappa shape index (κ2) is 9.82. The minimum Gasteiger partial charge on any atom is -0.372 e. The maximum absolute atomic E-state index is 12.6. The van der Waals surface area contributed by atoms with Crippen LogP contribution in [-0.2, 0) is 17.8 Å². The number of carbonyl (C=O) groups excluding carboxylic acids is 1. The highest BCUT2D eigenvalue weighted by Crippen LogP contribution is 2.20. The Morgan fingerprint density at radius 3 is 2.53 bits per heavy atom. The average Bonchev–Trinajstić information content (AvgIpc) is 3.21. The third-order valence-corrected chi connectivity index (χ3v) is 5.38. The van der Waals surface area contributed by atoms with Crippen LogP contribution in [0.4, 0.5) is 16.3 Å². The lowest BCUT2D eigenvalue weighted by Gasteiger charge is -2.36. The second-order valence-corrected chi connectivity index (χ2v) is 8.39. The maximum atomic E-state index is 12.6. The molecule has 168 valence electrons. The number of rotatable bonds is 6. The largest absolute Gasteiger partial charge is 0.372 e. The van der Waals surface area contributed by atoms with E-state index in [0.29, 0.717) is 18.8 Å². The molecule has 1 saturated heterocycles. The van der Waals surface area contributed by atoms with Crippen LogP contribution in [0, 0.1) is 0 Å². The van der Waals surface area contributed by atoms with Crippen LogP contribution < -0.4 is 10.2 Å². The fraction of sp³-hybridized carbons (Fsp3) is 0.375. The van der Waals surface area contributed by atoms with Gasteiger partial charge in [-0.2, -0.15) is 5.10 Å². The van der Waals surface area contributed by atoms with Crippen molar-refractivity contribution in [3.63, 3.8) is 0 Å². The van der Waals surface area contributed by atoms with Crippen LogP contribution in [0.25, 0.3) is 0 Å². The molecule has 0 saturated carbocycles. The van der Waals surface area contributed by atoms with E-state index in [1.54, 1.807) is 24.3 Å². The van der Waals surface area contributed by atoms with E-state index >= 15 is 0 Å². The highest BCUT2D eigenvalue weighted by molar-refractivity contribution is 5.89. The van der Waals surface area contributed by atoms with E-state index in [9.17, 15) is 4.79 Å². The molecule has 0 unspecified atom stereocenters. The number of ether oxygens (including phenoxy) is 1. The maximum Gasteiger partial charge on any atom is 0.321 e. The standard InChI is InChI=1S/C24H30N6O2/c1-18-13-29(14-19(2)32-18)23-10-9-22(12-25-23)27-24(31)28(3)15-21-11-26-30(17-21)16-20-7-5-4-6-8-20/h4-12,17-19H,13-16H2,1-3H3,(H,27,31)/t18-,19+. The Labute approximate surface area is 188 Å². The minimum atomic E-state index is -0.191. The number of pyridine rings is 1. The number of hydrogen-bond acceptors (Lipinski definition) is 5. The summed E-state index contributed by atoms with van der Waals surface area (Å²) in [5.74, 6) is 0.893. The summed E-state index contributed by atoms with van der Waals surface area (Å²) < 4.78 is 7.66. The van der Waals surface area contributed by atoms with Crippen LogP contribution in [0.1, 0.15) is 25.0 Å². The predicted octanol–water partition coefficient (Wildman–Crippen LogP) is 3.60. The van der Waals surface area contributed by atoms with E-state index in [1.807, 2.05) is 41.2 Å². The van der Waals surface area contributed by atoms with Crippen LogP contribution in [0.15, 0.2) is 61.1 Å². The normalized spacial score (nSPS) is 18.4. The smallest absolute Gasteiger partial charge is 0.321 e. The van der Waals surface area contributed by atoms with Crippen LogP contribution in [0.3, 0.4) is 0 Å². The van der Waals surface area contributed by atoms with E-state index in [1.165, 1.54) is 5.56 Å². The van der Waals surface area contributed by atoms with E-state index in [0.717, 1.165) is 24.5 Å². The van der Waals surface area contributed by atoms with Crippen molar-refractivity contribution in [2.75, 3.05) is 30.4 Å². The van der Waals surface area contributed by atoms with Gasteiger partial charge in [-0.15, -0.1) is 0 Å². The first-order valence-corrected chi connectivity index (χ1v) is 10.9. The van der Waals surface area contributed by atoms with Crippen LogP contribution in [-0.4, -0.2) is 58.0 Å². The van der Waals surface area contributed by atoms with E-state index < -0.39 is 0 Å². The predicted molar refractivity (Wildman–Crippen MR) is 125 cm³/mol. The fourth-order valence-electron chi connectivity index (χ4n) is 3.92. The molecule has 0 bridgehead atoms. The zero-order valence-electron chi connectivity index (χ0n) is 18.8. The zero-order chi connectivity index (χ0) is 22.5. The van der Waals surface area contributed by atoms with Crippen molar-refractivity contribution < 1.29 is 9.53 Å². The summed E-state index contributed by atoms with van der Waals surface area (Å²) >= 11 is 0. The van der Waals surface area contributed by atoms with Crippen molar-refractivity contribution in [2.45, 2.75) is 39.1 Å². The van der Waals surface area contributed by atoms with Crippen LogP contribution in [0.2, 0.25) is 0 Å². The lowest BCUT2D eigenvalue weighted by molar-refractivity contribution is -0.00545. The second-order valence-electron chi connectivity index (χ2n) is 8.39. The highest BCUT2D eigenvalue weighted by Gasteiger charge is 2.23. The first kappa shape index (κ1) is 21.8. The Kier molecular flexibility index (Phi) is 6.70. The highest BCUT2D eigenvalue weighted by atomic mass is 16.5. The summed E-state index contributed by atoms with van der Waals surface area (Å²) in [6, 6.07) is 13.8. The minimum absolute atomic E-state index is 0.172. The molecule has 1 fully saturated rings. The van der Waals surface area contributed by atoms with Gasteiger partial charge in [0.2, 0.25) is 0 Å². The van der Waals surface area contributed by atoms with E-state index in [2.05, 4.69) is 46.3 Å². The SMILES string of the molecule is C[C@@H]1CN(c2ccc(NC(=O)N(C)Cc3cnn(Cc4ccccc4)c3)cn2)C[C@H](C)O1. The Morgan fingerprint density at radius 1 is 1.09 bits per heavy atom. The quantitative estimate of drug-likeness (QED) is 0.642. The number of morpholine rings is 1. The van der Waals surface area contributed by atoms with Gasteiger partial charge in [-0.05, 0) is 31.5 Å². The van der Waals surface area contributed by atoms with Gasteiger partial charge in [0.1, 0.15) is 5.82 Å². The van der Waals surface area contributed by atoms with Crippen molar-refractivity contribution in [1.29, 1.82) is 0 Å². The molecule has 0 spiro atoms. The van der Waals surface area contributed by atoms with Crippen LogP contribution >= 0.6 is 0 Å². The molecule has 2 amide bonds. The van der Waals surface area contributed by atoms with Gasteiger partial charge in [-0.25, -0.2) is 9.78 Å². The number of aromatic nitrogens is 3. The molecule has 1 aromatic carbocycles. The van der Waals surface area contributed by atoms with Crippen molar-refractivity contribution >= 4 is 17.5 Å². The zero-order valence-corrected chi connectivity index (χ0v) is 18.8. The number of benzene rings is 1. The van der Waals surface area contributed by atoms with Crippen molar-refractivity contribution in [1.82, 2.24) is 19.7 Å². The molecule has 3 aromatic rings. The molecular formula is C24H30N6O2. The molecule has 4 rings (SSSR count). The summed E-state index contributed by atoms with van der Waals surface area (Å²) in [6.07, 6.45) is 5.81. The molecule has 2 atom stereocenters. The third kappa shape index (κ3) is 5.64. The molecule has 32 heavy (non-hydrogen) atoms. The number of hydrogen-bond donors (Lipinski definition) is 1. The van der Waals surface area contributed by atoms with Gasteiger partial charge in [-0.3, -0.25) is 4.68 Å². The number of amides is 2. The number of anilines is 2. The van der Waals surface area contributed by atoms with Crippen molar-refractivity contribution in [3.8, 4) is 0 Å². The molecule has 1 N–H and O–H groups in total. The lowest BCUT2D eigenvalue weighted by atomic mass is 10.2. The van der Waals surface area contributed by atoms with Gasteiger partial charge < -0.3 is 19.9 Å². The molecule has 3 heterocycles. The fourth-order valence-corrected chi connectivity index (χ4v) is 3.92. The Balaban J connectivity index is 1.30. The molecule has 0 aliphatic carbocycles. The van der Waals surface area contributed by atoms with Gasteiger partial charge in [0.05, 0.1) is 43.4 Å². The number of nitrogens with zero attached hydrogens (tertiary/aromatic N) is 5. The molecule has 1 aliphatic heterocycles. The first-order valence-electron chi connectivity index (χ1n) is 10.9. The lowest BCUT2D eigenvalue weighted by Crippen LogP contribution is -2.45.